The Labute approximate surface area is 201 Å². The van der Waals surface area contributed by atoms with Gasteiger partial charge in [-0.1, -0.05) is 12.2 Å². The highest BCUT2D eigenvalue weighted by atomic mass is 16.4. The molecule has 0 unspecified atom stereocenters. The molecule has 7 heterocycles. The van der Waals surface area contributed by atoms with Gasteiger partial charge < -0.3 is 26.5 Å². The maximum atomic E-state index is 5.55. The second-order valence-electron chi connectivity index (χ2n) is 7.70. The van der Waals surface area contributed by atoms with E-state index in [4.69, 9.17) is 26.5 Å². The molecule has 0 fully saturated rings. The third-order valence-corrected chi connectivity index (χ3v) is 5.19. The van der Waals surface area contributed by atoms with Crippen LogP contribution in [-0.4, -0.2) is 29.9 Å². The summed E-state index contributed by atoms with van der Waals surface area (Å²) in [5, 5.41) is 0. The summed E-state index contributed by atoms with van der Waals surface area (Å²) in [7, 11) is 0. The lowest BCUT2D eigenvalue weighted by molar-refractivity contribution is 0.508. The lowest BCUT2D eigenvalue weighted by Gasteiger charge is -1.87. The molecular formula is C24H14N6O6. The number of fused-ring (bicyclic) bond motifs is 16. The van der Waals surface area contributed by atoms with Crippen LogP contribution in [-0.2, 0) is 12.8 Å². The number of rotatable bonds is 0. The zero-order valence-electron chi connectivity index (χ0n) is 18.3. The highest BCUT2D eigenvalue weighted by Crippen LogP contribution is 2.26. The first kappa shape index (κ1) is 20.1. The molecule has 0 aromatic carbocycles. The first-order valence-electron chi connectivity index (χ1n) is 10.8. The highest BCUT2D eigenvalue weighted by Gasteiger charge is 2.17. The van der Waals surface area contributed by atoms with Crippen molar-refractivity contribution in [1.29, 1.82) is 0 Å². The normalized spacial score (nSPS) is 13.1. The lowest BCUT2D eigenvalue weighted by Crippen LogP contribution is -1.84. The molecule has 1 aliphatic rings. The summed E-state index contributed by atoms with van der Waals surface area (Å²) in [6, 6.07) is 0. The van der Waals surface area contributed by atoms with Crippen molar-refractivity contribution >= 4 is 12.2 Å². The fourth-order valence-corrected chi connectivity index (χ4v) is 3.51. The zero-order valence-corrected chi connectivity index (χ0v) is 18.3. The molecule has 0 aliphatic carbocycles. The van der Waals surface area contributed by atoms with Crippen LogP contribution >= 0.6 is 0 Å². The Hall–Kier alpha value is -5.26. The van der Waals surface area contributed by atoms with Gasteiger partial charge in [0.05, 0.1) is 0 Å². The largest absolute Gasteiger partial charge is 0.448 e. The molecule has 0 spiro atoms. The molecule has 6 aromatic rings. The summed E-state index contributed by atoms with van der Waals surface area (Å²) in [4.78, 5) is 26.5. The van der Waals surface area contributed by atoms with Crippen LogP contribution in [0.3, 0.4) is 0 Å². The minimum atomic E-state index is 0.293. The van der Waals surface area contributed by atoms with Crippen molar-refractivity contribution in [2.24, 2.45) is 0 Å². The molecule has 0 N–H and O–H groups in total. The smallest absolute Gasteiger partial charge is 0.249 e. The van der Waals surface area contributed by atoms with Crippen molar-refractivity contribution in [3.63, 3.8) is 0 Å². The van der Waals surface area contributed by atoms with Gasteiger partial charge in [0.1, 0.15) is 49.0 Å². The van der Waals surface area contributed by atoms with E-state index < -0.39 is 0 Å². The zero-order chi connectivity index (χ0) is 23.9. The second-order valence-corrected chi connectivity index (χ2v) is 7.70. The average Bonchev–Trinajstić information content (AvgIpc) is 3.69. The third-order valence-electron chi connectivity index (χ3n) is 5.19. The highest BCUT2D eigenvalue weighted by molar-refractivity contribution is 5.57. The standard InChI is InChI=1S/C24H14N6O6/c1-3-13-7-33-21(25-13)17-11-36-24(29-17)16-10-32-20(28-16)6-2-4-14-8-34-22(26-14)18-12-35-23(30-18)15-9-31-19(5-1)27-15/h1-4,7-12H,5-6H2. The number of oxazole rings is 6. The van der Waals surface area contributed by atoms with Gasteiger partial charge in [-0.2, -0.15) is 0 Å². The maximum Gasteiger partial charge on any atom is 0.249 e. The topological polar surface area (TPSA) is 156 Å². The minimum absolute atomic E-state index is 0.293. The second kappa shape index (κ2) is 8.20. The number of aromatic nitrogens is 6. The van der Waals surface area contributed by atoms with E-state index in [0.717, 1.165) is 0 Å². The number of hydrogen-bond donors (Lipinski definition) is 0. The van der Waals surface area contributed by atoms with Gasteiger partial charge in [0.2, 0.25) is 23.6 Å². The van der Waals surface area contributed by atoms with E-state index in [-0.39, 0.29) is 0 Å². The van der Waals surface area contributed by atoms with Crippen molar-refractivity contribution in [1.82, 2.24) is 29.9 Å². The van der Waals surface area contributed by atoms with E-state index in [1.54, 1.807) is 12.2 Å². The van der Waals surface area contributed by atoms with E-state index in [1.165, 1.54) is 37.6 Å². The van der Waals surface area contributed by atoms with Gasteiger partial charge in [0.25, 0.3) is 0 Å². The van der Waals surface area contributed by atoms with E-state index in [2.05, 4.69) is 29.9 Å². The molecular weight excluding hydrogens is 468 g/mol. The Kier molecular flexibility index (Phi) is 4.59. The van der Waals surface area contributed by atoms with Crippen LogP contribution in [0.2, 0.25) is 0 Å². The van der Waals surface area contributed by atoms with Gasteiger partial charge in [-0.15, -0.1) is 0 Å². The number of hydrogen-bond acceptors (Lipinski definition) is 12. The molecule has 1 aliphatic heterocycles. The van der Waals surface area contributed by atoms with Crippen molar-refractivity contribution in [3.8, 4) is 46.3 Å². The monoisotopic (exact) mass is 482 g/mol. The van der Waals surface area contributed by atoms with Crippen molar-refractivity contribution in [3.05, 3.63) is 72.9 Å². The average molecular weight is 482 g/mol. The Bertz CT molecular complexity index is 1600. The van der Waals surface area contributed by atoms with Crippen molar-refractivity contribution in [2.45, 2.75) is 12.8 Å². The van der Waals surface area contributed by atoms with Crippen LogP contribution in [0.4, 0.5) is 0 Å². The summed E-state index contributed by atoms with van der Waals surface area (Å²) < 4.78 is 33.3. The number of allylic oxidation sites excluding steroid dienone is 2. The van der Waals surface area contributed by atoms with Gasteiger partial charge in [0, 0.05) is 12.8 Å². The molecule has 0 amide bonds. The molecule has 12 heteroatoms. The molecule has 0 atom stereocenters. The van der Waals surface area contributed by atoms with Gasteiger partial charge in [-0.25, -0.2) is 29.9 Å². The van der Waals surface area contributed by atoms with Crippen molar-refractivity contribution in [2.75, 3.05) is 0 Å². The molecule has 36 heavy (non-hydrogen) atoms. The molecule has 12 nitrogen and oxygen atoms in total. The summed E-state index contributed by atoms with van der Waals surface area (Å²) in [5.41, 5.74) is 3.01. The Morgan fingerprint density at radius 2 is 0.806 bits per heavy atom. The first-order valence-corrected chi connectivity index (χ1v) is 10.8. The fraction of sp³-hybridized carbons (Fsp3) is 0.0833. The SMILES string of the molecule is C1=Cc2coc(n2)-c2coc(n2)-c2coc(n2)CC=Cc2coc(n2)-c2coc(n2)-c2coc(n2)C1. The predicted octanol–water partition coefficient (Wildman–Crippen LogP) is 5.11. The van der Waals surface area contributed by atoms with Crippen LogP contribution < -0.4 is 0 Å². The number of nitrogens with zero attached hydrogens (tertiary/aromatic N) is 6. The van der Waals surface area contributed by atoms with Crippen molar-refractivity contribution < 1.29 is 26.5 Å². The van der Waals surface area contributed by atoms with Crippen LogP contribution in [0.15, 0.2) is 76.2 Å². The third kappa shape index (κ3) is 3.76. The van der Waals surface area contributed by atoms with Gasteiger partial charge >= 0.3 is 0 Å². The Balaban J connectivity index is 1.24. The summed E-state index contributed by atoms with van der Waals surface area (Å²) >= 11 is 0. The van der Waals surface area contributed by atoms with E-state index in [1.807, 2.05) is 12.2 Å². The van der Waals surface area contributed by atoms with Crippen LogP contribution in [0, 0.1) is 0 Å². The molecule has 6 aromatic heterocycles. The quantitative estimate of drug-likeness (QED) is 0.282. The first-order chi connectivity index (χ1) is 17.8. The van der Waals surface area contributed by atoms with Gasteiger partial charge in [0.15, 0.2) is 34.6 Å². The van der Waals surface area contributed by atoms with Gasteiger partial charge in [-0.3, -0.25) is 0 Å². The Morgan fingerprint density at radius 3 is 1.31 bits per heavy atom. The fourth-order valence-electron chi connectivity index (χ4n) is 3.51. The molecule has 0 saturated heterocycles. The van der Waals surface area contributed by atoms with E-state index in [9.17, 15) is 0 Å². The van der Waals surface area contributed by atoms with E-state index in [0.29, 0.717) is 82.3 Å². The summed E-state index contributed by atoms with van der Waals surface area (Å²) in [5.74, 6) is 2.18. The maximum absolute atomic E-state index is 5.55. The van der Waals surface area contributed by atoms with E-state index >= 15 is 0 Å². The summed E-state index contributed by atoms with van der Waals surface area (Å²) in [6.07, 6.45) is 17.0. The molecule has 0 radical (unpaired) electrons. The molecule has 0 saturated carbocycles. The van der Waals surface area contributed by atoms with Crippen LogP contribution in [0.25, 0.3) is 58.5 Å². The van der Waals surface area contributed by atoms with Crippen LogP contribution in [0.1, 0.15) is 23.2 Å². The lowest BCUT2D eigenvalue weighted by atomic mass is 10.3. The summed E-state index contributed by atoms with van der Waals surface area (Å²) in [6.45, 7) is 0. The Morgan fingerprint density at radius 1 is 0.417 bits per heavy atom. The molecule has 7 rings (SSSR count). The molecule has 176 valence electrons. The minimum Gasteiger partial charge on any atom is -0.448 e. The van der Waals surface area contributed by atoms with Gasteiger partial charge in [-0.05, 0) is 12.2 Å². The predicted molar refractivity (Wildman–Crippen MR) is 120 cm³/mol. The molecule has 12 bridgehead atoms. The van der Waals surface area contributed by atoms with Crippen LogP contribution in [0.5, 0.6) is 0 Å².